The van der Waals surface area contributed by atoms with Crippen molar-refractivity contribution in [3.05, 3.63) is 48.6 Å². The molecule has 266 valence electrons. The second-order valence-electron chi connectivity index (χ2n) is 11.6. The minimum absolute atomic E-state index is 0.222. The Morgan fingerprint density at radius 1 is 0.630 bits per heavy atom. The predicted octanol–water partition coefficient (Wildman–Crippen LogP) is 10.7. The van der Waals surface area contributed by atoms with Crippen molar-refractivity contribution < 1.29 is 37.6 Å². The van der Waals surface area contributed by atoms with Gasteiger partial charge in [-0.2, -0.15) is 0 Å². The highest BCUT2D eigenvalue weighted by atomic mass is 31.2. The summed E-state index contributed by atoms with van der Waals surface area (Å²) in [6, 6.07) is 0. The monoisotopic (exact) mass is 668 g/mol. The molecule has 0 spiro atoms. The maximum atomic E-state index is 12.4. The smallest absolute Gasteiger partial charge is 0.462 e. The second kappa shape index (κ2) is 32.9. The molecule has 0 saturated carbocycles. The summed E-state index contributed by atoms with van der Waals surface area (Å²) in [6.45, 7) is 3.70. The molecule has 0 rings (SSSR count). The zero-order valence-electron chi connectivity index (χ0n) is 29.2. The van der Waals surface area contributed by atoms with Gasteiger partial charge < -0.3 is 14.4 Å². The van der Waals surface area contributed by atoms with Gasteiger partial charge in [-0.15, -0.1) is 0 Å². The fourth-order valence-corrected chi connectivity index (χ4v) is 5.01. The average molecular weight is 669 g/mol. The van der Waals surface area contributed by atoms with Crippen LogP contribution in [0.4, 0.5) is 0 Å². The summed E-state index contributed by atoms with van der Waals surface area (Å²) in [5.74, 6) is -0.840. The lowest BCUT2D eigenvalue weighted by Crippen LogP contribution is -2.29. The SMILES string of the molecule is CC/C=C\C/C=C\C/C=C\CCCCCCCC(=O)OC(COC(=O)CCCCCCC/C=C\CCCCC)COP(=O)(O)OC. The van der Waals surface area contributed by atoms with Crippen LogP contribution < -0.4 is 0 Å². The molecule has 9 heteroatoms. The summed E-state index contributed by atoms with van der Waals surface area (Å²) in [5.41, 5.74) is 0. The number of phosphoric acid groups is 1. The number of rotatable bonds is 32. The Balaban J connectivity index is 4.15. The molecule has 0 amide bonds. The Hall–Kier alpha value is -1.99. The first-order valence-electron chi connectivity index (χ1n) is 17.8. The van der Waals surface area contributed by atoms with E-state index >= 15 is 0 Å². The molecule has 0 aliphatic rings. The van der Waals surface area contributed by atoms with Gasteiger partial charge in [0.05, 0.1) is 6.61 Å². The molecule has 0 bridgehead atoms. The van der Waals surface area contributed by atoms with E-state index in [4.69, 9.17) is 14.0 Å². The molecule has 8 nitrogen and oxygen atoms in total. The largest absolute Gasteiger partial charge is 0.472 e. The highest BCUT2D eigenvalue weighted by Crippen LogP contribution is 2.42. The van der Waals surface area contributed by atoms with E-state index in [0.29, 0.717) is 6.42 Å². The van der Waals surface area contributed by atoms with Crippen LogP contribution in [0.1, 0.15) is 149 Å². The molecular formula is C37H65O8P. The van der Waals surface area contributed by atoms with Gasteiger partial charge in [0.2, 0.25) is 0 Å². The summed E-state index contributed by atoms with van der Waals surface area (Å²) in [4.78, 5) is 34.2. The third kappa shape index (κ3) is 32.0. The van der Waals surface area contributed by atoms with Crippen LogP contribution in [0.2, 0.25) is 0 Å². The quantitative estimate of drug-likeness (QED) is 0.0326. The minimum Gasteiger partial charge on any atom is -0.462 e. The van der Waals surface area contributed by atoms with Crippen molar-refractivity contribution in [2.45, 2.75) is 155 Å². The van der Waals surface area contributed by atoms with Crippen molar-refractivity contribution >= 4 is 19.8 Å². The minimum atomic E-state index is -4.26. The lowest BCUT2D eigenvalue weighted by atomic mass is 10.1. The van der Waals surface area contributed by atoms with E-state index in [-0.39, 0.29) is 25.4 Å². The average Bonchev–Trinajstić information content (AvgIpc) is 3.04. The number of ether oxygens (including phenoxy) is 2. The number of phosphoric ester groups is 1. The molecule has 0 aromatic carbocycles. The maximum Gasteiger partial charge on any atom is 0.472 e. The van der Waals surface area contributed by atoms with Gasteiger partial charge in [0.15, 0.2) is 6.10 Å². The third-order valence-electron chi connectivity index (χ3n) is 7.31. The number of unbranched alkanes of at least 4 members (excludes halogenated alkanes) is 13. The van der Waals surface area contributed by atoms with Crippen molar-refractivity contribution in [3.8, 4) is 0 Å². The van der Waals surface area contributed by atoms with E-state index < -0.39 is 26.5 Å². The van der Waals surface area contributed by atoms with Crippen LogP contribution in [0.3, 0.4) is 0 Å². The molecule has 46 heavy (non-hydrogen) atoms. The van der Waals surface area contributed by atoms with Gasteiger partial charge in [0.1, 0.15) is 6.61 Å². The Bertz CT molecular complexity index is 896. The van der Waals surface area contributed by atoms with E-state index in [1.165, 1.54) is 25.7 Å². The number of carbonyl (C=O) groups excluding carboxylic acids is 2. The molecular weight excluding hydrogens is 603 g/mol. The van der Waals surface area contributed by atoms with Crippen molar-refractivity contribution in [3.63, 3.8) is 0 Å². The summed E-state index contributed by atoms with van der Waals surface area (Å²) in [5, 5.41) is 0. The summed E-state index contributed by atoms with van der Waals surface area (Å²) in [7, 11) is -3.21. The molecule has 0 fully saturated rings. The van der Waals surface area contributed by atoms with Crippen LogP contribution in [0, 0.1) is 0 Å². The normalized spacial score (nSPS) is 14.1. The fraction of sp³-hybridized carbons (Fsp3) is 0.730. The highest BCUT2D eigenvalue weighted by Gasteiger charge is 2.24. The van der Waals surface area contributed by atoms with Crippen LogP contribution in [0.25, 0.3) is 0 Å². The molecule has 0 saturated heterocycles. The first kappa shape index (κ1) is 44.0. The first-order chi connectivity index (χ1) is 22.3. The molecule has 0 heterocycles. The van der Waals surface area contributed by atoms with E-state index in [1.807, 2.05) is 0 Å². The van der Waals surface area contributed by atoms with Crippen molar-refractivity contribution in [1.82, 2.24) is 0 Å². The van der Waals surface area contributed by atoms with Gasteiger partial charge in [-0.05, 0) is 70.6 Å². The van der Waals surface area contributed by atoms with E-state index in [9.17, 15) is 19.0 Å². The second-order valence-corrected chi connectivity index (χ2v) is 13.2. The lowest BCUT2D eigenvalue weighted by molar-refractivity contribution is -0.161. The zero-order valence-corrected chi connectivity index (χ0v) is 30.1. The maximum absolute atomic E-state index is 12.4. The number of hydrogen-bond donors (Lipinski definition) is 1. The van der Waals surface area contributed by atoms with E-state index in [0.717, 1.165) is 97.0 Å². The molecule has 2 unspecified atom stereocenters. The molecule has 0 radical (unpaired) electrons. The van der Waals surface area contributed by atoms with Gasteiger partial charge in [-0.25, -0.2) is 4.57 Å². The first-order valence-corrected chi connectivity index (χ1v) is 19.3. The van der Waals surface area contributed by atoms with Gasteiger partial charge in [-0.1, -0.05) is 114 Å². The van der Waals surface area contributed by atoms with Crippen molar-refractivity contribution in [2.24, 2.45) is 0 Å². The standard InChI is InChI=1S/C37H65O8P/c1-4-6-8-10-12-14-16-18-19-20-22-24-26-28-30-32-37(39)45-35(34-44-46(40,41)42-3)33-43-36(38)31-29-27-25-23-21-17-15-13-11-9-7-5-2/h6,8,12-15,18-19,35H,4-5,7,9-11,16-17,20-34H2,1-3H3,(H,40,41)/b8-6-,14-12-,15-13-,19-18-. The van der Waals surface area contributed by atoms with E-state index in [1.54, 1.807) is 0 Å². The lowest BCUT2D eigenvalue weighted by Gasteiger charge is -2.19. The Morgan fingerprint density at radius 2 is 1.11 bits per heavy atom. The zero-order chi connectivity index (χ0) is 34.0. The molecule has 0 aromatic heterocycles. The highest BCUT2D eigenvalue weighted by molar-refractivity contribution is 7.47. The number of allylic oxidation sites excluding steroid dienone is 8. The molecule has 0 aliphatic heterocycles. The Kier molecular flexibility index (Phi) is 31.5. The summed E-state index contributed by atoms with van der Waals surface area (Å²) in [6.07, 6.45) is 37.3. The molecule has 2 atom stereocenters. The van der Waals surface area contributed by atoms with Crippen LogP contribution in [0.5, 0.6) is 0 Å². The Labute approximate surface area is 280 Å². The molecule has 1 N–H and O–H groups in total. The molecule has 0 aliphatic carbocycles. The van der Waals surface area contributed by atoms with Gasteiger partial charge in [-0.3, -0.25) is 18.6 Å². The van der Waals surface area contributed by atoms with Gasteiger partial charge in [0.25, 0.3) is 0 Å². The van der Waals surface area contributed by atoms with Crippen LogP contribution >= 0.6 is 7.82 Å². The van der Waals surface area contributed by atoms with Crippen LogP contribution in [0.15, 0.2) is 48.6 Å². The summed E-state index contributed by atoms with van der Waals surface area (Å²) < 4.78 is 31.8. The summed E-state index contributed by atoms with van der Waals surface area (Å²) >= 11 is 0. The van der Waals surface area contributed by atoms with Crippen LogP contribution in [-0.4, -0.2) is 43.3 Å². The van der Waals surface area contributed by atoms with Crippen LogP contribution in [-0.2, 0) is 32.7 Å². The van der Waals surface area contributed by atoms with Crippen molar-refractivity contribution in [1.29, 1.82) is 0 Å². The van der Waals surface area contributed by atoms with E-state index in [2.05, 4.69) is 67.0 Å². The van der Waals surface area contributed by atoms with Gasteiger partial charge >= 0.3 is 19.8 Å². The van der Waals surface area contributed by atoms with Gasteiger partial charge in [0, 0.05) is 20.0 Å². The Morgan fingerprint density at radius 3 is 1.67 bits per heavy atom. The predicted molar refractivity (Wildman–Crippen MR) is 188 cm³/mol. The van der Waals surface area contributed by atoms with Crippen molar-refractivity contribution in [2.75, 3.05) is 20.3 Å². The molecule has 0 aromatic rings. The number of esters is 2. The number of carbonyl (C=O) groups is 2. The third-order valence-corrected chi connectivity index (χ3v) is 8.24. The fourth-order valence-electron chi connectivity index (χ4n) is 4.55. The number of hydrogen-bond acceptors (Lipinski definition) is 7. The topological polar surface area (TPSA) is 108 Å².